The lowest BCUT2D eigenvalue weighted by atomic mass is 10.0. The zero-order valence-electron chi connectivity index (χ0n) is 11.2. The number of allylic oxidation sites excluding steroid dienone is 2. The maximum Gasteiger partial charge on any atom is 0.142 e. The van der Waals surface area contributed by atoms with Crippen LogP contribution in [0.25, 0.3) is 0 Å². The fourth-order valence-electron chi connectivity index (χ4n) is 1.37. The number of hydrogen-bond donors (Lipinski definition) is 0. The molecule has 0 N–H and O–H groups in total. The van der Waals surface area contributed by atoms with Gasteiger partial charge in [0.2, 0.25) is 0 Å². The van der Waals surface area contributed by atoms with Crippen molar-refractivity contribution in [3.63, 3.8) is 0 Å². The van der Waals surface area contributed by atoms with E-state index in [1.165, 1.54) is 19.3 Å². The van der Waals surface area contributed by atoms with Gasteiger partial charge in [-0.05, 0) is 51.2 Å². The molecule has 0 aromatic heterocycles. The Morgan fingerprint density at radius 1 is 1.25 bits per heavy atom. The molecule has 1 nitrogen and oxygen atoms in total. The summed E-state index contributed by atoms with van der Waals surface area (Å²) in [6.07, 6.45) is 9.34. The van der Waals surface area contributed by atoms with Crippen molar-refractivity contribution in [1.29, 1.82) is 0 Å². The fraction of sp³-hybridized carbons (Fsp3) is 0.786. The maximum atomic E-state index is 11.0. The first-order chi connectivity index (χ1) is 7.57. The molecule has 0 saturated carbocycles. The third-order valence-electron chi connectivity index (χ3n) is 2.78. The molecule has 0 amide bonds. The lowest BCUT2D eigenvalue weighted by Gasteiger charge is -2.11. The van der Waals surface area contributed by atoms with E-state index in [0.717, 1.165) is 18.1 Å². The van der Waals surface area contributed by atoms with Gasteiger partial charge in [0, 0.05) is 0 Å². The zero-order chi connectivity index (χ0) is 12.4. The van der Waals surface area contributed by atoms with Crippen molar-refractivity contribution in [3.8, 4) is 0 Å². The molecule has 0 aliphatic rings. The zero-order valence-corrected chi connectivity index (χ0v) is 12.0. The smallest absolute Gasteiger partial charge is 0.142 e. The normalized spacial score (nSPS) is 15.2. The third-order valence-corrected chi connectivity index (χ3v) is 4.08. The minimum atomic E-state index is 0.173. The van der Waals surface area contributed by atoms with E-state index in [0.29, 0.717) is 5.78 Å². The average molecular weight is 242 g/mol. The first kappa shape index (κ1) is 15.8. The van der Waals surface area contributed by atoms with Crippen molar-refractivity contribution in [2.75, 3.05) is 5.75 Å². The summed E-state index contributed by atoms with van der Waals surface area (Å²) < 4.78 is 0. The summed E-state index contributed by atoms with van der Waals surface area (Å²) in [4.78, 5) is 11.0. The molecule has 0 saturated heterocycles. The summed E-state index contributed by atoms with van der Waals surface area (Å²) in [5, 5.41) is 0.173. The summed E-state index contributed by atoms with van der Waals surface area (Å²) in [6.45, 7) is 8.15. The molecule has 94 valence electrons. The molecule has 0 bridgehead atoms. The molecular formula is C14H26OS. The molecule has 0 rings (SSSR count). The molecule has 16 heavy (non-hydrogen) atoms. The van der Waals surface area contributed by atoms with Crippen molar-refractivity contribution in [3.05, 3.63) is 12.2 Å². The van der Waals surface area contributed by atoms with Gasteiger partial charge >= 0.3 is 0 Å². The van der Waals surface area contributed by atoms with Crippen LogP contribution in [0, 0.1) is 5.92 Å². The van der Waals surface area contributed by atoms with Crippen LogP contribution in [0.3, 0.4) is 0 Å². The van der Waals surface area contributed by atoms with Crippen LogP contribution >= 0.6 is 11.8 Å². The monoisotopic (exact) mass is 242 g/mol. The van der Waals surface area contributed by atoms with Crippen LogP contribution in [-0.4, -0.2) is 16.8 Å². The van der Waals surface area contributed by atoms with Gasteiger partial charge in [0.25, 0.3) is 0 Å². The second kappa shape index (κ2) is 9.95. The number of rotatable bonds is 9. The largest absolute Gasteiger partial charge is 0.299 e. The number of carbonyl (C=O) groups is 1. The molecule has 2 unspecified atom stereocenters. The van der Waals surface area contributed by atoms with Crippen molar-refractivity contribution < 1.29 is 4.79 Å². The minimum absolute atomic E-state index is 0.173. The van der Waals surface area contributed by atoms with Crippen molar-refractivity contribution >= 4 is 17.5 Å². The lowest BCUT2D eigenvalue weighted by molar-refractivity contribution is -0.116. The van der Waals surface area contributed by atoms with E-state index in [4.69, 9.17) is 0 Å². The standard InChI is InChI=1S/C14H26OS/c1-5-6-7-8-9-12(2)10-11-16-14(4)13(3)15/h6-7,12,14H,5,8-11H2,1-4H3/b7-6-. The fourth-order valence-corrected chi connectivity index (χ4v) is 2.50. The Bertz CT molecular complexity index is 211. The van der Waals surface area contributed by atoms with Gasteiger partial charge in [-0.15, -0.1) is 0 Å². The van der Waals surface area contributed by atoms with Gasteiger partial charge < -0.3 is 0 Å². The molecule has 0 aromatic carbocycles. The Kier molecular flexibility index (Phi) is 9.80. The summed E-state index contributed by atoms with van der Waals surface area (Å²) in [6, 6.07) is 0. The predicted octanol–water partition coefficient (Wildman–Crippen LogP) is 4.47. The SMILES string of the molecule is CC/C=C\CCC(C)CCSC(C)C(C)=O. The Balaban J connectivity index is 3.46. The molecule has 0 fully saturated rings. The van der Waals surface area contributed by atoms with E-state index in [-0.39, 0.29) is 5.25 Å². The topological polar surface area (TPSA) is 17.1 Å². The number of hydrogen-bond acceptors (Lipinski definition) is 2. The summed E-state index contributed by atoms with van der Waals surface area (Å²) in [7, 11) is 0. The highest BCUT2D eigenvalue weighted by atomic mass is 32.2. The van der Waals surface area contributed by atoms with Gasteiger partial charge in [-0.3, -0.25) is 4.79 Å². The van der Waals surface area contributed by atoms with Crippen LogP contribution in [0.2, 0.25) is 0 Å². The quantitative estimate of drug-likeness (QED) is 0.555. The van der Waals surface area contributed by atoms with Gasteiger partial charge in [-0.25, -0.2) is 0 Å². The van der Waals surface area contributed by atoms with Gasteiger partial charge in [-0.1, -0.05) is 26.0 Å². The molecular weight excluding hydrogens is 216 g/mol. The van der Waals surface area contributed by atoms with E-state index in [1.807, 2.05) is 6.92 Å². The van der Waals surface area contributed by atoms with Crippen LogP contribution in [0.5, 0.6) is 0 Å². The molecule has 0 heterocycles. The van der Waals surface area contributed by atoms with Crippen molar-refractivity contribution in [2.45, 2.75) is 58.6 Å². The van der Waals surface area contributed by atoms with Crippen LogP contribution < -0.4 is 0 Å². The average Bonchev–Trinajstić information content (AvgIpc) is 2.24. The van der Waals surface area contributed by atoms with Crippen molar-refractivity contribution in [1.82, 2.24) is 0 Å². The van der Waals surface area contributed by atoms with Crippen LogP contribution in [0.1, 0.15) is 53.4 Å². The molecule has 0 spiro atoms. The molecule has 2 atom stereocenters. The molecule has 0 radical (unpaired) electrons. The van der Waals surface area contributed by atoms with E-state index in [9.17, 15) is 4.79 Å². The Labute approximate surface area is 105 Å². The molecule has 2 heteroatoms. The van der Waals surface area contributed by atoms with E-state index in [2.05, 4.69) is 26.0 Å². The molecule has 0 aromatic rings. The van der Waals surface area contributed by atoms with E-state index in [1.54, 1.807) is 18.7 Å². The Morgan fingerprint density at radius 2 is 1.94 bits per heavy atom. The summed E-state index contributed by atoms with van der Waals surface area (Å²) >= 11 is 1.79. The van der Waals surface area contributed by atoms with E-state index < -0.39 is 0 Å². The highest BCUT2D eigenvalue weighted by Gasteiger charge is 2.08. The summed E-state index contributed by atoms with van der Waals surface area (Å²) in [5.74, 6) is 2.18. The second-order valence-electron chi connectivity index (χ2n) is 4.47. The van der Waals surface area contributed by atoms with E-state index >= 15 is 0 Å². The van der Waals surface area contributed by atoms with Gasteiger partial charge in [0.05, 0.1) is 5.25 Å². The number of ketones is 1. The van der Waals surface area contributed by atoms with Gasteiger partial charge in [0.1, 0.15) is 5.78 Å². The highest BCUT2D eigenvalue weighted by molar-refractivity contribution is 8.00. The first-order valence-electron chi connectivity index (χ1n) is 6.35. The van der Waals surface area contributed by atoms with Crippen LogP contribution in [-0.2, 0) is 4.79 Å². The predicted molar refractivity (Wildman–Crippen MR) is 75.0 cm³/mol. The first-order valence-corrected chi connectivity index (χ1v) is 7.39. The number of carbonyl (C=O) groups excluding carboxylic acids is 1. The Hall–Kier alpha value is -0.240. The highest BCUT2D eigenvalue weighted by Crippen LogP contribution is 2.18. The van der Waals surface area contributed by atoms with Gasteiger partial charge in [0.15, 0.2) is 0 Å². The second-order valence-corrected chi connectivity index (χ2v) is 5.92. The molecule has 0 aliphatic carbocycles. The Morgan fingerprint density at radius 3 is 2.50 bits per heavy atom. The van der Waals surface area contributed by atoms with Crippen LogP contribution in [0.4, 0.5) is 0 Å². The summed E-state index contributed by atoms with van der Waals surface area (Å²) in [5.41, 5.74) is 0. The number of thioether (sulfide) groups is 1. The lowest BCUT2D eigenvalue weighted by Crippen LogP contribution is -2.09. The minimum Gasteiger partial charge on any atom is -0.299 e. The van der Waals surface area contributed by atoms with Gasteiger partial charge in [-0.2, -0.15) is 11.8 Å². The molecule has 0 aliphatic heterocycles. The van der Waals surface area contributed by atoms with Crippen molar-refractivity contribution in [2.24, 2.45) is 5.92 Å². The third kappa shape index (κ3) is 9.02. The maximum absolute atomic E-state index is 11.0. The number of Topliss-reactive ketones (excluding diaryl/α,β-unsaturated/α-hetero) is 1. The van der Waals surface area contributed by atoms with Crippen LogP contribution in [0.15, 0.2) is 12.2 Å².